The monoisotopic (exact) mass is 232 g/mol. The average Bonchev–Trinajstić information content (AvgIpc) is 2.82. The Morgan fingerprint density at radius 1 is 1.35 bits per heavy atom. The molecule has 0 aliphatic heterocycles. The Bertz CT molecular complexity index is 464. The fourth-order valence-electron chi connectivity index (χ4n) is 1.94. The summed E-state index contributed by atoms with van der Waals surface area (Å²) < 4.78 is 5.39. The second-order valence-corrected chi connectivity index (χ2v) is 4.30. The molecule has 1 aromatic heterocycles. The minimum atomic E-state index is 0.379. The summed E-state index contributed by atoms with van der Waals surface area (Å²) in [5, 5.41) is 4.77. The first-order chi connectivity index (χ1) is 8.31. The van der Waals surface area contributed by atoms with Crippen LogP contribution in [0.1, 0.15) is 19.4 Å². The number of rotatable bonds is 6. The number of H-pyrrole nitrogens is 1. The van der Waals surface area contributed by atoms with E-state index in [0.29, 0.717) is 6.04 Å². The van der Waals surface area contributed by atoms with Gasteiger partial charge in [0.2, 0.25) is 0 Å². The first kappa shape index (κ1) is 12.1. The normalized spacial score (nSPS) is 13.1. The van der Waals surface area contributed by atoms with Gasteiger partial charge in [0.15, 0.2) is 0 Å². The summed E-state index contributed by atoms with van der Waals surface area (Å²) in [5.41, 5.74) is 2.52. The highest BCUT2D eigenvalue weighted by Gasteiger charge is 2.04. The van der Waals surface area contributed by atoms with Gasteiger partial charge in [-0.25, -0.2) is 0 Å². The maximum Gasteiger partial charge on any atom is 0.0616 e. The van der Waals surface area contributed by atoms with Crippen LogP contribution in [0.15, 0.2) is 30.5 Å². The minimum absolute atomic E-state index is 0.379. The van der Waals surface area contributed by atoms with Gasteiger partial charge >= 0.3 is 0 Å². The lowest BCUT2D eigenvalue weighted by Crippen LogP contribution is -2.30. The first-order valence-corrected chi connectivity index (χ1v) is 6.17. The van der Waals surface area contributed by atoms with Gasteiger partial charge in [0, 0.05) is 36.3 Å². The van der Waals surface area contributed by atoms with E-state index < -0.39 is 0 Å². The van der Waals surface area contributed by atoms with Crippen molar-refractivity contribution in [2.75, 3.05) is 13.2 Å². The van der Waals surface area contributed by atoms with Gasteiger partial charge in [-0.3, -0.25) is 0 Å². The number of hydrogen-bond donors (Lipinski definition) is 2. The van der Waals surface area contributed by atoms with Crippen molar-refractivity contribution < 1.29 is 4.74 Å². The molecule has 0 aliphatic rings. The molecule has 3 heteroatoms. The van der Waals surface area contributed by atoms with E-state index in [-0.39, 0.29) is 0 Å². The zero-order valence-electron chi connectivity index (χ0n) is 10.5. The standard InChI is InChI=1S/C14H20N2O/c1-3-17-10-11(2)16-9-12-5-4-6-14-13(12)7-8-15-14/h4-8,11,15-16H,3,9-10H2,1-2H3. The van der Waals surface area contributed by atoms with Gasteiger partial charge in [0.25, 0.3) is 0 Å². The van der Waals surface area contributed by atoms with Gasteiger partial charge in [-0.1, -0.05) is 12.1 Å². The molecule has 0 bridgehead atoms. The molecule has 1 aromatic carbocycles. The third kappa shape index (κ3) is 3.08. The number of nitrogens with one attached hydrogen (secondary N) is 2. The molecule has 0 fully saturated rings. The number of fused-ring (bicyclic) bond motifs is 1. The Kier molecular flexibility index (Phi) is 4.18. The van der Waals surface area contributed by atoms with Crippen LogP contribution >= 0.6 is 0 Å². The molecule has 1 atom stereocenters. The van der Waals surface area contributed by atoms with Crippen LogP contribution in [-0.4, -0.2) is 24.2 Å². The van der Waals surface area contributed by atoms with Crippen molar-refractivity contribution in [2.45, 2.75) is 26.4 Å². The molecule has 0 saturated carbocycles. The molecular formula is C14H20N2O. The van der Waals surface area contributed by atoms with Crippen LogP contribution in [-0.2, 0) is 11.3 Å². The van der Waals surface area contributed by atoms with Crippen molar-refractivity contribution in [3.8, 4) is 0 Å². The van der Waals surface area contributed by atoms with Gasteiger partial charge in [-0.2, -0.15) is 0 Å². The van der Waals surface area contributed by atoms with Gasteiger partial charge in [-0.05, 0) is 31.5 Å². The molecule has 2 aromatic rings. The van der Waals surface area contributed by atoms with E-state index in [0.717, 1.165) is 19.8 Å². The Morgan fingerprint density at radius 2 is 2.24 bits per heavy atom. The van der Waals surface area contributed by atoms with Gasteiger partial charge < -0.3 is 15.0 Å². The SMILES string of the molecule is CCOCC(C)NCc1cccc2[nH]ccc12. The molecule has 0 aliphatic carbocycles. The van der Waals surface area contributed by atoms with Crippen molar-refractivity contribution in [2.24, 2.45) is 0 Å². The Hall–Kier alpha value is -1.32. The molecule has 2 rings (SSSR count). The molecule has 17 heavy (non-hydrogen) atoms. The summed E-state index contributed by atoms with van der Waals surface area (Å²) in [6.45, 7) is 6.59. The molecule has 1 unspecified atom stereocenters. The van der Waals surface area contributed by atoms with Gasteiger partial charge in [0.05, 0.1) is 6.61 Å². The maximum absolute atomic E-state index is 5.39. The van der Waals surface area contributed by atoms with Crippen LogP contribution in [0.2, 0.25) is 0 Å². The highest BCUT2D eigenvalue weighted by atomic mass is 16.5. The van der Waals surface area contributed by atoms with E-state index in [1.165, 1.54) is 16.5 Å². The zero-order chi connectivity index (χ0) is 12.1. The van der Waals surface area contributed by atoms with E-state index in [1.54, 1.807) is 0 Å². The Balaban J connectivity index is 1.96. The Labute approximate surface area is 102 Å². The summed E-state index contributed by atoms with van der Waals surface area (Å²) in [5.74, 6) is 0. The fourth-order valence-corrected chi connectivity index (χ4v) is 1.94. The van der Waals surface area contributed by atoms with Gasteiger partial charge in [-0.15, -0.1) is 0 Å². The number of aromatic nitrogens is 1. The smallest absolute Gasteiger partial charge is 0.0616 e. The third-order valence-corrected chi connectivity index (χ3v) is 2.90. The van der Waals surface area contributed by atoms with Crippen LogP contribution in [0, 0.1) is 0 Å². The molecular weight excluding hydrogens is 212 g/mol. The number of ether oxygens (including phenoxy) is 1. The highest BCUT2D eigenvalue weighted by Crippen LogP contribution is 2.17. The number of aromatic amines is 1. The van der Waals surface area contributed by atoms with E-state index in [2.05, 4.69) is 41.5 Å². The quantitative estimate of drug-likeness (QED) is 0.803. The molecule has 92 valence electrons. The fraction of sp³-hybridized carbons (Fsp3) is 0.429. The average molecular weight is 232 g/mol. The van der Waals surface area contributed by atoms with Gasteiger partial charge in [0.1, 0.15) is 0 Å². The van der Waals surface area contributed by atoms with Crippen LogP contribution in [0.5, 0.6) is 0 Å². The summed E-state index contributed by atoms with van der Waals surface area (Å²) >= 11 is 0. The zero-order valence-corrected chi connectivity index (χ0v) is 10.5. The van der Waals surface area contributed by atoms with Crippen LogP contribution in [0.3, 0.4) is 0 Å². The summed E-state index contributed by atoms with van der Waals surface area (Å²) in [4.78, 5) is 3.23. The lowest BCUT2D eigenvalue weighted by molar-refractivity contribution is 0.127. The second kappa shape index (κ2) is 5.84. The largest absolute Gasteiger partial charge is 0.380 e. The van der Waals surface area contributed by atoms with Crippen LogP contribution in [0.25, 0.3) is 10.9 Å². The lowest BCUT2D eigenvalue weighted by atomic mass is 10.1. The predicted octanol–water partition coefficient (Wildman–Crippen LogP) is 2.68. The summed E-state index contributed by atoms with van der Waals surface area (Å²) in [6, 6.07) is 8.85. The molecule has 0 amide bonds. The van der Waals surface area contributed by atoms with Crippen molar-refractivity contribution >= 4 is 10.9 Å². The van der Waals surface area contributed by atoms with E-state index in [1.807, 2.05) is 13.1 Å². The number of benzene rings is 1. The topological polar surface area (TPSA) is 37.0 Å². The minimum Gasteiger partial charge on any atom is -0.380 e. The predicted molar refractivity (Wildman–Crippen MR) is 71.1 cm³/mol. The molecule has 2 N–H and O–H groups in total. The van der Waals surface area contributed by atoms with Crippen molar-refractivity contribution in [1.82, 2.24) is 10.3 Å². The van der Waals surface area contributed by atoms with Crippen molar-refractivity contribution in [3.05, 3.63) is 36.0 Å². The third-order valence-electron chi connectivity index (χ3n) is 2.90. The molecule has 1 heterocycles. The van der Waals surface area contributed by atoms with E-state index >= 15 is 0 Å². The van der Waals surface area contributed by atoms with Crippen LogP contribution in [0.4, 0.5) is 0 Å². The second-order valence-electron chi connectivity index (χ2n) is 4.30. The van der Waals surface area contributed by atoms with E-state index in [9.17, 15) is 0 Å². The summed E-state index contributed by atoms with van der Waals surface area (Å²) in [7, 11) is 0. The Morgan fingerprint density at radius 3 is 3.06 bits per heavy atom. The number of hydrogen-bond acceptors (Lipinski definition) is 2. The molecule has 3 nitrogen and oxygen atoms in total. The van der Waals surface area contributed by atoms with Crippen LogP contribution < -0.4 is 5.32 Å². The first-order valence-electron chi connectivity index (χ1n) is 6.17. The molecule has 0 spiro atoms. The van der Waals surface area contributed by atoms with E-state index in [4.69, 9.17) is 4.74 Å². The highest BCUT2D eigenvalue weighted by molar-refractivity contribution is 5.82. The maximum atomic E-state index is 5.39. The van der Waals surface area contributed by atoms with Crippen molar-refractivity contribution in [3.63, 3.8) is 0 Å². The van der Waals surface area contributed by atoms with Crippen molar-refractivity contribution in [1.29, 1.82) is 0 Å². The summed E-state index contributed by atoms with van der Waals surface area (Å²) in [6.07, 6.45) is 1.98. The molecule has 0 saturated heterocycles. The lowest BCUT2D eigenvalue weighted by Gasteiger charge is -2.14. The molecule has 0 radical (unpaired) electrons.